The number of nitrogens with zero attached hydrogens (tertiary/aromatic N) is 1. The second kappa shape index (κ2) is 6.67. The van der Waals surface area contributed by atoms with E-state index in [0.717, 1.165) is 16.5 Å². The highest BCUT2D eigenvalue weighted by Crippen LogP contribution is 2.21. The molecular formula is C18H17FN2O2S. The topological polar surface area (TPSA) is 59.1 Å². The molecule has 2 aromatic carbocycles. The molecule has 1 heterocycles. The van der Waals surface area contributed by atoms with Gasteiger partial charge in [0.15, 0.2) is 0 Å². The molecule has 0 saturated heterocycles. The Morgan fingerprint density at radius 3 is 2.62 bits per heavy atom. The second-order valence-electron chi connectivity index (χ2n) is 5.61. The first-order valence-corrected chi connectivity index (χ1v) is 9.03. The summed E-state index contributed by atoms with van der Waals surface area (Å²) < 4.78 is 40.6. The number of hydrogen-bond acceptors (Lipinski definition) is 3. The smallest absolute Gasteiger partial charge is 0.242 e. The summed E-state index contributed by atoms with van der Waals surface area (Å²) in [4.78, 5) is 4.43. The lowest BCUT2D eigenvalue weighted by Gasteiger charge is -2.09. The number of halogens is 1. The number of fused-ring (bicyclic) bond motifs is 1. The van der Waals surface area contributed by atoms with Crippen LogP contribution in [-0.4, -0.2) is 19.9 Å². The number of sulfonamides is 1. The predicted octanol–water partition coefficient (Wildman–Crippen LogP) is 3.20. The van der Waals surface area contributed by atoms with Crippen molar-refractivity contribution in [1.29, 1.82) is 0 Å². The van der Waals surface area contributed by atoms with Gasteiger partial charge in [0.2, 0.25) is 10.0 Å². The minimum Gasteiger partial charge on any atom is -0.255 e. The Kier molecular flexibility index (Phi) is 4.59. The quantitative estimate of drug-likeness (QED) is 0.773. The molecule has 4 nitrogen and oxygen atoms in total. The summed E-state index contributed by atoms with van der Waals surface area (Å²) in [6.07, 6.45) is 2.14. The zero-order chi connectivity index (χ0) is 17.2. The summed E-state index contributed by atoms with van der Waals surface area (Å²) in [6, 6.07) is 13.0. The lowest BCUT2D eigenvalue weighted by molar-refractivity contribution is 0.582. The Hall–Kier alpha value is -2.31. The molecule has 0 unspecified atom stereocenters. The van der Waals surface area contributed by atoms with E-state index in [0.29, 0.717) is 11.9 Å². The third kappa shape index (κ3) is 3.60. The predicted molar refractivity (Wildman–Crippen MR) is 91.8 cm³/mol. The van der Waals surface area contributed by atoms with Crippen molar-refractivity contribution in [1.82, 2.24) is 9.71 Å². The van der Waals surface area contributed by atoms with Crippen molar-refractivity contribution in [2.75, 3.05) is 6.54 Å². The van der Waals surface area contributed by atoms with Gasteiger partial charge in [0.25, 0.3) is 0 Å². The molecule has 0 saturated carbocycles. The highest BCUT2D eigenvalue weighted by molar-refractivity contribution is 7.89. The number of pyridine rings is 1. The largest absolute Gasteiger partial charge is 0.255 e. The molecule has 0 atom stereocenters. The molecule has 24 heavy (non-hydrogen) atoms. The van der Waals surface area contributed by atoms with Gasteiger partial charge in [-0.25, -0.2) is 17.5 Å². The zero-order valence-electron chi connectivity index (χ0n) is 13.2. The lowest BCUT2D eigenvalue weighted by atomic mass is 10.1. The molecule has 3 rings (SSSR count). The molecular weight excluding hydrogens is 327 g/mol. The van der Waals surface area contributed by atoms with Gasteiger partial charge in [0.05, 0.1) is 5.52 Å². The minimum atomic E-state index is -3.66. The highest BCUT2D eigenvalue weighted by atomic mass is 32.2. The molecule has 0 amide bonds. The fourth-order valence-electron chi connectivity index (χ4n) is 2.52. The molecule has 0 spiro atoms. The van der Waals surface area contributed by atoms with Gasteiger partial charge >= 0.3 is 0 Å². The molecule has 6 heteroatoms. The molecule has 0 aliphatic rings. The lowest BCUT2D eigenvalue weighted by Crippen LogP contribution is -2.26. The summed E-state index contributed by atoms with van der Waals surface area (Å²) in [7, 11) is -3.66. The molecule has 0 aliphatic heterocycles. The molecule has 1 aromatic heterocycles. The van der Waals surface area contributed by atoms with Gasteiger partial charge in [-0.1, -0.05) is 24.3 Å². The van der Waals surface area contributed by atoms with Gasteiger partial charge in [-0.05, 0) is 48.7 Å². The van der Waals surface area contributed by atoms with Crippen LogP contribution in [0.1, 0.15) is 11.1 Å². The van der Waals surface area contributed by atoms with Crippen LogP contribution in [0.2, 0.25) is 0 Å². The molecule has 0 radical (unpaired) electrons. The molecule has 124 valence electrons. The number of aryl methyl sites for hydroxylation is 1. The Balaban J connectivity index is 1.79. The number of aromatic nitrogens is 1. The van der Waals surface area contributed by atoms with Gasteiger partial charge in [-0.2, -0.15) is 0 Å². The normalized spacial score (nSPS) is 11.8. The SMILES string of the molecule is Cc1cnc2c(S(=O)(=O)NCCc3ccc(F)cc3)cccc2c1. The van der Waals surface area contributed by atoms with Crippen LogP contribution in [0.4, 0.5) is 4.39 Å². The fraction of sp³-hybridized carbons (Fsp3) is 0.167. The van der Waals surface area contributed by atoms with Gasteiger partial charge in [-0.15, -0.1) is 0 Å². The summed E-state index contributed by atoms with van der Waals surface area (Å²) in [6.45, 7) is 2.14. The summed E-state index contributed by atoms with van der Waals surface area (Å²) >= 11 is 0. The highest BCUT2D eigenvalue weighted by Gasteiger charge is 2.17. The Morgan fingerprint density at radius 1 is 1.12 bits per heavy atom. The van der Waals surface area contributed by atoms with Gasteiger partial charge in [0.1, 0.15) is 10.7 Å². The average molecular weight is 344 g/mol. The molecule has 3 aromatic rings. The average Bonchev–Trinajstić information content (AvgIpc) is 2.55. The van der Waals surface area contributed by atoms with Crippen molar-refractivity contribution in [3.8, 4) is 0 Å². The standard InChI is InChI=1S/C18H17FN2O2S/c1-13-11-15-3-2-4-17(18(15)20-12-13)24(22,23)21-10-9-14-5-7-16(19)8-6-14/h2-8,11-12,21H,9-10H2,1H3. The van der Waals surface area contributed by atoms with Gasteiger partial charge < -0.3 is 0 Å². The van der Waals surface area contributed by atoms with Crippen LogP contribution in [-0.2, 0) is 16.4 Å². The maximum Gasteiger partial charge on any atom is 0.242 e. The van der Waals surface area contributed by atoms with E-state index in [-0.39, 0.29) is 17.3 Å². The van der Waals surface area contributed by atoms with Crippen molar-refractivity contribution >= 4 is 20.9 Å². The second-order valence-corrected chi connectivity index (χ2v) is 7.35. The van der Waals surface area contributed by atoms with Crippen LogP contribution in [0.15, 0.2) is 59.6 Å². The Morgan fingerprint density at radius 2 is 1.88 bits per heavy atom. The minimum absolute atomic E-state index is 0.166. The maximum absolute atomic E-state index is 12.9. The van der Waals surface area contributed by atoms with Crippen LogP contribution in [0.25, 0.3) is 10.9 Å². The summed E-state index contributed by atoms with van der Waals surface area (Å²) in [5, 5.41) is 0.788. The molecule has 0 bridgehead atoms. The first-order chi connectivity index (χ1) is 11.5. The van der Waals surface area contributed by atoms with E-state index in [1.54, 1.807) is 30.5 Å². The van der Waals surface area contributed by atoms with Gasteiger partial charge in [0, 0.05) is 18.1 Å². The Labute approximate surface area is 140 Å². The number of hydrogen-bond donors (Lipinski definition) is 1. The third-order valence-electron chi connectivity index (χ3n) is 3.72. The summed E-state index contributed by atoms with van der Waals surface area (Å²) in [5.41, 5.74) is 2.30. The first-order valence-electron chi connectivity index (χ1n) is 7.55. The fourth-order valence-corrected chi connectivity index (χ4v) is 3.73. The zero-order valence-corrected chi connectivity index (χ0v) is 14.0. The van der Waals surface area contributed by atoms with Crippen LogP contribution in [0.5, 0.6) is 0 Å². The molecule has 0 fully saturated rings. The third-order valence-corrected chi connectivity index (χ3v) is 5.21. The number of rotatable bonds is 5. The van der Waals surface area contributed by atoms with Crippen molar-refractivity contribution in [3.63, 3.8) is 0 Å². The van der Waals surface area contributed by atoms with E-state index in [2.05, 4.69) is 9.71 Å². The van der Waals surface area contributed by atoms with Crippen molar-refractivity contribution in [3.05, 3.63) is 71.7 Å². The van der Waals surface area contributed by atoms with Crippen molar-refractivity contribution in [2.24, 2.45) is 0 Å². The van der Waals surface area contributed by atoms with Crippen LogP contribution >= 0.6 is 0 Å². The molecule has 0 aliphatic carbocycles. The van der Waals surface area contributed by atoms with Crippen molar-refractivity contribution < 1.29 is 12.8 Å². The van der Waals surface area contributed by atoms with Crippen molar-refractivity contribution in [2.45, 2.75) is 18.2 Å². The van der Waals surface area contributed by atoms with E-state index < -0.39 is 10.0 Å². The van der Waals surface area contributed by atoms with E-state index >= 15 is 0 Å². The number of nitrogens with one attached hydrogen (secondary N) is 1. The van der Waals surface area contributed by atoms with Crippen LogP contribution < -0.4 is 4.72 Å². The number of benzene rings is 2. The first kappa shape index (κ1) is 16.5. The van der Waals surface area contributed by atoms with Crippen LogP contribution in [0, 0.1) is 12.7 Å². The van der Waals surface area contributed by atoms with E-state index in [9.17, 15) is 12.8 Å². The molecule has 1 N–H and O–H groups in total. The number of para-hydroxylation sites is 1. The monoisotopic (exact) mass is 344 g/mol. The summed E-state index contributed by atoms with van der Waals surface area (Å²) in [5.74, 6) is -0.309. The maximum atomic E-state index is 12.9. The van der Waals surface area contributed by atoms with E-state index in [1.807, 2.05) is 19.1 Å². The van der Waals surface area contributed by atoms with Crippen LogP contribution in [0.3, 0.4) is 0 Å². The van der Waals surface area contributed by atoms with E-state index in [1.165, 1.54) is 12.1 Å². The van der Waals surface area contributed by atoms with E-state index in [4.69, 9.17) is 0 Å². The Bertz CT molecular complexity index is 970. The van der Waals surface area contributed by atoms with Gasteiger partial charge in [-0.3, -0.25) is 4.98 Å².